The molecule has 2 aromatic rings. The second-order valence-electron chi connectivity index (χ2n) is 5.37. The SMILES string of the molecule is O=C(NCc1c(F)cccc1F)N1CCn2c(nnc2C(F)(F)F)C1. The highest BCUT2D eigenvalue weighted by Gasteiger charge is 2.39. The predicted octanol–water partition coefficient (Wildman–Crippen LogP) is 2.30. The molecule has 25 heavy (non-hydrogen) atoms. The highest BCUT2D eigenvalue weighted by molar-refractivity contribution is 5.74. The van der Waals surface area contributed by atoms with E-state index < -0.39 is 29.7 Å². The lowest BCUT2D eigenvalue weighted by Gasteiger charge is -2.28. The number of nitrogens with zero attached hydrogens (tertiary/aromatic N) is 4. The Hall–Kier alpha value is -2.72. The van der Waals surface area contributed by atoms with Gasteiger partial charge >= 0.3 is 12.2 Å². The minimum absolute atomic E-state index is 0.00852. The van der Waals surface area contributed by atoms with E-state index in [0.717, 1.165) is 16.7 Å². The summed E-state index contributed by atoms with van der Waals surface area (Å²) >= 11 is 0. The van der Waals surface area contributed by atoms with Gasteiger partial charge in [0.1, 0.15) is 11.6 Å². The molecule has 1 aliphatic heterocycles. The number of aromatic nitrogens is 3. The number of halogens is 5. The molecule has 134 valence electrons. The highest BCUT2D eigenvalue weighted by atomic mass is 19.4. The van der Waals surface area contributed by atoms with E-state index >= 15 is 0 Å². The first-order chi connectivity index (χ1) is 11.8. The number of urea groups is 1. The van der Waals surface area contributed by atoms with Crippen molar-refractivity contribution in [2.24, 2.45) is 0 Å². The van der Waals surface area contributed by atoms with Gasteiger partial charge in [-0.2, -0.15) is 13.2 Å². The first-order valence-corrected chi connectivity index (χ1v) is 7.22. The van der Waals surface area contributed by atoms with Crippen LogP contribution in [0.1, 0.15) is 17.2 Å². The monoisotopic (exact) mass is 361 g/mol. The van der Waals surface area contributed by atoms with Crippen LogP contribution in [0.4, 0.5) is 26.7 Å². The van der Waals surface area contributed by atoms with Crippen molar-refractivity contribution in [2.75, 3.05) is 6.54 Å². The average Bonchev–Trinajstić information content (AvgIpc) is 2.97. The van der Waals surface area contributed by atoms with Crippen LogP contribution >= 0.6 is 0 Å². The van der Waals surface area contributed by atoms with Crippen LogP contribution in [0.3, 0.4) is 0 Å². The van der Waals surface area contributed by atoms with Crippen molar-refractivity contribution in [1.82, 2.24) is 25.0 Å². The van der Waals surface area contributed by atoms with Gasteiger partial charge in [-0.05, 0) is 12.1 Å². The Kier molecular flexibility index (Phi) is 4.31. The third kappa shape index (κ3) is 3.39. The van der Waals surface area contributed by atoms with Crippen molar-refractivity contribution in [1.29, 1.82) is 0 Å². The normalized spacial score (nSPS) is 14.4. The van der Waals surface area contributed by atoms with Gasteiger partial charge in [0.15, 0.2) is 5.82 Å². The van der Waals surface area contributed by atoms with Gasteiger partial charge in [0.2, 0.25) is 5.82 Å². The van der Waals surface area contributed by atoms with Crippen molar-refractivity contribution in [2.45, 2.75) is 25.8 Å². The molecule has 1 aromatic carbocycles. The second kappa shape index (κ2) is 6.30. The Morgan fingerprint density at radius 2 is 1.84 bits per heavy atom. The molecule has 0 unspecified atom stereocenters. The Morgan fingerprint density at radius 1 is 1.16 bits per heavy atom. The summed E-state index contributed by atoms with van der Waals surface area (Å²) in [5.41, 5.74) is -0.296. The first kappa shape index (κ1) is 17.1. The number of fused-ring (bicyclic) bond motifs is 1. The average molecular weight is 361 g/mol. The number of amides is 2. The number of benzene rings is 1. The van der Waals surface area contributed by atoms with E-state index in [0.29, 0.717) is 0 Å². The van der Waals surface area contributed by atoms with Crippen molar-refractivity contribution >= 4 is 6.03 Å². The number of alkyl halides is 3. The molecule has 1 aromatic heterocycles. The Morgan fingerprint density at radius 3 is 2.48 bits per heavy atom. The molecule has 3 rings (SSSR count). The van der Waals surface area contributed by atoms with Gasteiger partial charge in [-0.3, -0.25) is 0 Å². The number of nitrogens with one attached hydrogen (secondary N) is 1. The zero-order valence-corrected chi connectivity index (χ0v) is 12.6. The minimum Gasteiger partial charge on any atom is -0.334 e. The third-order valence-electron chi connectivity index (χ3n) is 3.77. The van der Waals surface area contributed by atoms with Crippen molar-refractivity contribution in [3.05, 3.63) is 47.0 Å². The van der Waals surface area contributed by atoms with Crippen molar-refractivity contribution in [3.8, 4) is 0 Å². The van der Waals surface area contributed by atoms with Crippen molar-refractivity contribution < 1.29 is 26.7 Å². The maximum Gasteiger partial charge on any atom is 0.451 e. The topological polar surface area (TPSA) is 63.1 Å². The fourth-order valence-electron chi connectivity index (χ4n) is 2.52. The fourth-order valence-corrected chi connectivity index (χ4v) is 2.52. The molecule has 2 amide bonds. The Labute approximate surface area is 138 Å². The summed E-state index contributed by atoms with van der Waals surface area (Å²) in [7, 11) is 0. The molecule has 1 N–H and O–H groups in total. The van der Waals surface area contributed by atoms with Crippen LogP contribution in [0.15, 0.2) is 18.2 Å². The van der Waals surface area contributed by atoms with E-state index in [1.807, 2.05) is 0 Å². The molecule has 0 bridgehead atoms. The lowest BCUT2D eigenvalue weighted by molar-refractivity contribution is -0.147. The zero-order valence-electron chi connectivity index (χ0n) is 12.6. The molecule has 0 saturated carbocycles. The molecule has 0 atom stereocenters. The minimum atomic E-state index is -4.63. The van der Waals surface area contributed by atoms with Gasteiger partial charge in [0, 0.05) is 18.7 Å². The van der Waals surface area contributed by atoms with E-state index in [-0.39, 0.29) is 37.6 Å². The highest BCUT2D eigenvalue weighted by Crippen LogP contribution is 2.29. The molecule has 11 heteroatoms. The maximum atomic E-state index is 13.5. The van der Waals surface area contributed by atoms with Crippen LogP contribution in [-0.2, 0) is 25.8 Å². The van der Waals surface area contributed by atoms with Gasteiger partial charge in [0.05, 0.1) is 13.1 Å². The molecule has 0 aliphatic carbocycles. The lowest BCUT2D eigenvalue weighted by Crippen LogP contribution is -2.44. The number of rotatable bonds is 2. The third-order valence-corrected chi connectivity index (χ3v) is 3.77. The van der Waals surface area contributed by atoms with Gasteiger partial charge in [0.25, 0.3) is 0 Å². The molecule has 0 fully saturated rings. The lowest BCUT2D eigenvalue weighted by atomic mass is 10.2. The molecule has 1 aliphatic rings. The summed E-state index contributed by atoms with van der Waals surface area (Å²) in [4.78, 5) is 13.3. The van der Waals surface area contributed by atoms with Crippen LogP contribution in [0.25, 0.3) is 0 Å². The van der Waals surface area contributed by atoms with E-state index in [9.17, 15) is 26.7 Å². The number of hydrogen-bond donors (Lipinski definition) is 1. The summed E-state index contributed by atoms with van der Waals surface area (Å²) in [6, 6.07) is 2.66. The quantitative estimate of drug-likeness (QED) is 0.835. The van der Waals surface area contributed by atoms with E-state index in [1.54, 1.807) is 0 Å². The molecular weight excluding hydrogens is 349 g/mol. The first-order valence-electron chi connectivity index (χ1n) is 7.22. The summed E-state index contributed by atoms with van der Waals surface area (Å²) in [5, 5.41) is 8.91. The van der Waals surface area contributed by atoms with Crippen LogP contribution in [0, 0.1) is 11.6 Å². The van der Waals surface area contributed by atoms with E-state index in [4.69, 9.17) is 0 Å². The maximum absolute atomic E-state index is 13.5. The van der Waals surface area contributed by atoms with Gasteiger partial charge in [-0.1, -0.05) is 6.07 Å². The summed E-state index contributed by atoms with van der Waals surface area (Å²) < 4.78 is 66.2. The molecule has 2 heterocycles. The smallest absolute Gasteiger partial charge is 0.334 e. The van der Waals surface area contributed by atoms with E-state index in [1.165, 1.54) is 11.0 Å². The molecule has 0 spiro atoms. The van der Waals surface area contributed by atoms with Crippen LogP contribution in [-0.4, -0.2) is 32.2 Å². The second-order valence-corrected chi connectivity index (χ2v) is 5.37. The standard InChI is InChI=1S/C14H12F5N5O/c15-9-2-1-3-10(16)8(9)6-20-13(25)23-4-5-24-11(7-23)21-22-12(24)14(17,18)19/h1-3H,4-7H2,(H,20,25). The fraction of sp³-hybridized carbons (Fsp3) is 0.357. The number of hydrogen-bond acceptors (Lipinski definition) is 3. The Bertz CT molecular complexity index is 783. The molecular formula is C14H12F5N5O. The predicted molar refractivity (Wildman–Crippen MR) is 74.0 cm³/mol. The van der Waals surface area contributed by atoms with Gasteiger partial charge in [-0.15, -0.1) is 10.2 Å². The van der Waals surface area contributed by atoms with Crippen LogP contribution in [0.5, 0.6) is 0 Å². The number of carbonyl (C=O) groups excluding carboxylic acids is 1. The molecule has 0 radical (unpaired) electrons. The largest absolute Gasteiger partial charge is 0.451 e. The Balaban J connectivity index is 1.66. The van der Waals surface area contributed by atoms with Gasteiger partial charge in [-0.25, -0.2) is 13.6 Å². The molecule has 0 saturated heterocycles. The zero-order chi connectivity index (χ0) is 18.2. The summed E-state index contributed by atoms with van der Waals surface area (Å²) in [6.07, 6.45) is -4.63. The number of carbonyl (C=O) groups is 1. The van der Waals surface area contributed by atoms with Crippen molar-refractivity contribution in [3.63, 3.8) is 0 Å². The van der Waals surface area contributed by atoms with Crippen LogP contribution in [0.2, 0.25) is 0 Å². The van der Waals surface area contributed by atoms with Crippen LogP contribution < -0.4 is 5.32 Å². The molecule has 6 nitrogen and oxygen atoms in total. The van der Waals surface area contributed by atoms with Gasteiger partial charge < -0.3 is 14.8 Å². The summed E-state index contributed by atoms with van der Waals surface area (Å²) in [6.45, 7) is -0.707. The summed E-state index contributed by atoms with van der Waals surface area (Å²) in [5.74, 6) is -2.72. The van der Waals surface area contributed by atoms with E-state index in [2.05, 4.69) is 15.5 Å².